The molecule has 0 aliphatic carbocycles. The summed E-state index contributed by atoms with van der Waals surface area (Å²) in [5.41, 5.74) is 9.11. The number of piperidine rings is 1. The van der Waals surface area contributed by atoms with E-state index in [1.54, 1.807) is 6.07 Å². The Kier molecular flexibility index (Phi) is 8.21. The highest BCUT2D eigenvalue weighted by molar-refractivity contribution is 5.92. The third-order valence-electron chi connectivity index (χ3n) is 6.72. The van der Waals surface area contributed by atoms with Gasteiger partial charge in [-0.15, -0.1) is 0 Å². The summed E-state index contributed by atoms with van der Waals surface area (Å²) < 4.78 is 0. The molecule has 4 N–H and O–H groups in total. The molecule has 1 aromatic heterocycles. The van der Waals surface area contributed by atoms with E-state index in [2.05, 4.69) is 43.3 Å². The maximum absolute atomic E-state index is 12.6. The Bertz CT molecular complexity index is 992. The van der Waals surface area contributed by atoms with E-state index in [1.165, 1.54) is 17.5 Å². The number of hydrogen-bond acceptors (Lipinski definition) is 7. The van der Waals surface area contributed by atoms with Crippen LogP contribution in [0.1, 0.15) is 40.2 Å². The largest absolute Gasteiger partial charge is 0.390 e. The molecular weight excluding hydrogens is 432 g/mol. The molecule has 9 nitrogen and oxygen atoms in total. The van der Waals surface area contributed by atoms with Crippen molar-refractivity contribution >= 4 is 11.8 Å². The summed E-state index contributed by atoms with van der Waals surface area (Å²) in [6.45, 7) is 4.39. The number of aromatic nitrogens is 2. The molecule has 4 rings (SSSR count). The Morgan fingerprint density at radius 1 is 1.12 bits per heavy atom. The third-order valence-corrected chi connectivity index (χ3v) is 6.72. The van der Waals surface area contributed by atoms with Gasteiger partial charge >= 0.3 is 0 Å². The second-order valence-electron chi connectivity index (χ2n) is 9.40. The van der Waals surface area contributed by atoms with Crippen LogP contribution in [0.3, 0.4) is 0 Å². The molecule has 3 heterocycles. The van der Waals surface area contributed by atoms with E-state index >= 15 is 0 Å². The number of hydrogen-bond donors (Lipinski definition) is 3. The van der Waals surface area contributed by atoms with E-state index in [9.17, 15) is 14.7 Å². The van der Waals surface area contributed by atoms with Gasteiger partial charge in [-0.25, -0.2) is 9.97 Å². The standard InChI is InChI=1S/C25H34N6O3/c26-24(33)16-30-8-5-18(6-9-30)11-21-12-23(29-17-28-21)25(34)27-13-22(32)15-31-10-7-19-3-1-2-4-20(19)14-31/h1-4,12,17-18,22,32H,5-11,13-16H2,(H2,26,33)(H,27,34)/t22-/m0/s1. The molecular formula is C25H34N6O3. The number of nitrogens with one attached hydrogen (secondary N) is 1. The minimum Gasteiger partial charge on any atom is -0.390 e. The molecule has 1 aromatic carbocycles. The van der Waals surface area contributed by atoms with Crippen molar-refractivity contribution in [2.45, 2.75) is 38.3 Å². The molecule has 0 spiro atoms. The maximum Gasteiger partial charge on any atom is 0.270 e. The van der Waals surface area contributed by atoms with E-state index in [0.29, 0.717) is 24.7 Å². The molecule has 0 radical (unpaired) electrons. The average molecular weight is 467 g/mol. The molecule has 2 aliphatic rings. The van der Waals surface area contributed by atoms with Crippen LogP contribution in [0, 0.1) is 5.92 Å². The van der Waals surface area contributed by atoms with E-state index in [1.807, 2.05) is 6.07 Å². The first-order valence-electron chi connectivity index (χ1n) is 12.0. The lowest BCUT2D eigenvalue weighted by Gasteiger charge is -2.30. The number of benzene rings is 1. The van der Waals surface area contributed by atoms with Gasteiger partial charge < -0.3 is 16.2 Å². The monoisotopic (exact) mass is 466 g/mol. The third kappa shape index (κ3) is 6.82. The SMILES string of the molecule is NC(=O)CN1CCC(Cc2cc(C(=O)NC[C@H](O)CN3CCc4ccccc4C3)ncn2)CC1. The molecule has 1 fully saturated rings. The van der Waals surface area contributed by atoms with Crippen molar-refractivity contribution in [1.29, 1.82) is 0 Å². The highest BCUT2D eigenvalue weighted by Gasteiger charge is 2.22. The topological polar surface area (TPSA) is 125 Å². The van der Waals surface area contributed by atoms with Gasteiger partial charge in [0.25, 0.3) is 5.91 Å². The lowest BCUT2D eigenvalue weighted by molar-refractivity contribution is -0.119. The van der Waals surface area contributed by atoms with Crippen molar-refractivity contribution in [2.75, 3.05) is 39.3 Å². The quantitative estimate of drug-likeness (QED) is 0.487. The van der Waals surface area contributed by atoms with Crippen molar-refractivity contribution in [3.63, 3.8) is 0 Å². The van der Waals surface area contributed by atoms with Crippen molar-refractivity contribution in [3.8, 4) is 0 Å². The Labute approximate surface area is 200 Å². The van der Waals surface area contributed by atoms with E-state index in [-0.39, 0.29) is 18.4 Å². The van der Waals surface area contributed by atoms with Gasteiger partial charge in [-0.2, -0.15) is 0 Å². The Morgan fingerprint density at radius 3 is 2.65 bits per heavy atom. The fraction of sp³-hybridized carbons (Fsp3) is 0.520. The van der Waals surface area contributed by atoms with Gasteiger partial charge in [-0.05, 0) is 61.9 Å². The Balaban J connectivity index is 1.21. The minimum atomic E-state index is -0.652. The first kappa shape index (κ1) is 24.3. The van der Waals surface area contributed by atoms with Crippen molar-refractivity contribution in [3.05, 3.63) is 59.2 Å². The molecule has 0 saturated carbocycles. The minimum absolute atomic E-state index is 0.175. The molecule has 1 atom stereocenters. The fourth-order valence-electron chi connectivity index (χ4n) is 4.87. The molecule has 0 bridgehead atoms. The molecule has 9 heteroatoms. The molecule has 1 saturated heterocycles. The van der Waals surface area contributed by atoms with Crippen LogP contribution in [0.4, 0.5) is 0 Å². The summed E-state index contributed by atoms with van der Waals surface area (Å²) in [5, 5.41) is 13.3. The predicted octanol–water partition coefficient (Wildman–Crippen LogP) is 0.365. The van der Waals surface area contributed by atoms with E-state index in [4.69, 9.17) is 5.73 Å². The number of rotatable bonds is 9. The number of aliphatic hydroxyl groups excluding tert-OH is 1. The van der Waals surface area contributed by atoms with Gasteiger partial charge in [-0.3, -0.25) is 19.4 Å². The number of amides is 2. The number of nitrogens with two attached hydrogens (primary N) is 1. The number of primary amides is 1. The lowest BCUT2D eigenvalue weighted by atomic mass is 9.92. The number of likely N-dealkylation sites (tertiary alicyclic amines) is 1. The van der Waals surface area contributed by atoms with Crippen LogP contribution in [-0.4, -0.2) is 82.1 Å². The molecule has 182 valence electrons. The number of nitrogens with zero attached hydrogens (tertiary/aromatic N) is 4. The normalized spacial score (nSPS) is 18.3. The first-order chi connectivity index (χ1) is 16.5. The molecule has 0 unspecified atom stereocenters. The summed E-state index contributed by atoms with van der Waals surface area (Å²) >= 11 is 0. The summed E-state index contributed by atoms with van der Waals surface area (Å²) in [6.07, 6.45) is 4.45. The van der Waals surface area contributed by atoms with Gasteiger partial charge in [0.2, 0.25) is 5.91 Å². The second-order valence-corrected chi connectivity index (χ2v) is 9.40. The van der Waals surface area contributed by atoms with E-state index in [0.717, 1.165) is 57.6 Å². The van der Waals surface area contributed by atoms with Crippen LogP contribution in [0.2, 0.25) is 0 Å². The molecule has 2 aromatic rings. The van der Waals surface area contributed by atoms with Crippen molar-refractivity contribution in [2.24, 2.45) is 11.7 Å². The zero-order valence-electron chi connectivity index (χ0n) is 19.5. The second kappa shape index (κ2) is 11.5. The number of β-amino-alcohol motifs (C(OH)–C–C–N with tert-alkyl or cyclic N) is 1. The van der Waals surface area contributed by atoms with Crippen LogP contribution < -0.4 is 11.1 Å². The van der Waals surface area contributed by atoms with Gasteiger partial charge in [0.05, 0.1) is 12.6 Å². The van der Waals surface area contributed by atoms with Crippen LogP contribution in [0.25, 0.3) is 0 Å². The number of carbonyl (C=O) groups excluding carboxylic acids is 2. The lowest BCUT2D eigenvalue weighted by Crippen LogP contribution is -2.42. The van der Waals surface area contributed by atoms with Gasteiger partial charge in [-0.1, -0.05) is 24.3 Å². The van der Waals surface area contributed by atoms with Crippen LogP contribution in [0.5, 0.6) is 0 Å². The summed E-state index contributed by atoms with van der Waals surface area (Å²) in [7, 11) is 0. The molecule has 2 amide bonds. The average Bonchev–Trinajstić information content (AvgIpc) is 2.83. The Hall–Kier alpha value is -2.88. The van der Waals surface area contributed by atoms with Crippen LogP contribution in [-0.2, 0) is 24.2 Å². The number of aliphatic hydroxyl groups is 1. The Morgan fingerprint density at radius 2 is 1.88 bits per heavy atom. The predicted molar refractivity (Wildman–Crippen MR) is 128 cm³/mol. The van der Waals surface area contributed by atoms with Gasteiger partial charge in [0, 0.05) is 31.9 Å². The van der Waals surface area contributed by atoms with Crippen LogP contribution in [0.15, 0.2) is 36.7 Å². The maximum atomic E-state index is 12.6. The van der Waals surface area contributed by atoms with Crippen LogP contribution >= 0.6 is 0 Å². The smallest absolute Gasteiger partial charge is 0.270 e. The number of carbonyl (C=O) groups is 2. The summed E-state index contributed by atoms with van der Waals surface area (Å²) in [5.74, 6) is -0.148. The zero-order chi connectivity index (χ0) is 23.9. The zero-order valence-corrected chi connectivity index (χ0v) is 19.5. The van der Waals surface area contributed by atoms with Crippen molar-refractivity contribution in [1.82, 2.24) is 25.1 Å². The fourth-order valence-corrected chi connectivity index (χ4v) is 4.87. The van der Waals surface area contributed by atoms with Crippen molar-refractivity contribution < 1.29 is 14.7 Å². The summed E-state index contributed by atoms with van der Waals surface area (Å²) in [6, 6.07) is 10.1. The number of fused-ring (bicyclic) bond motifs is 1. The van der Waals surface area contributed by atoms with Gasteiger partial charge in [0.15, 0.2) is 0 Å². The molecule has 2 aliphatic heterocycles. The first-order valence-corrected chi connectivity index (χ1v) is 12.0. The molecule has 34 heavy (non-hydrogen) atoms. The van der Waals surface area contributed by atoms with E-state index < -0.39 is 6.10 Å². The summed E-state index contributed by atoms with van der Waals surface area (Å²) in [4.78, 5) is 36.5. The highest BCUT2D eigenvalue weighted by atomic mass is 16.3. The highest BCUT2D eigenvalue weighted by Crippen LogP contribution is 2.21. The van der Waals surface area contributed by atoms with Gasteiger partial charge in [0.1, 0.15) is 12.0 Å².